The summed E-state index contributed by atoms with van der Waals surface area (Å²) in [6, 6.07) is 0. The second kappa shape index (κ2) is 6.09. The highest BCUT2D eigenvalue weighted by Crippen LogP contribution is 2.35. The Labute approximate surface area is 134 Å². The van der Waals surface area contributed by atoms with Crippen molar-refractivity contribution in [1.82, 2.24) is 14.5 Å². The first-order valence-electron chi connectivity index (χ1n) is 6.27. The lowest BCUT2D eigenvalue weighted by Gasteiger charge is -2.14. The Kier molecular flexibility index (Phi) is 4.36. The second-order valence-corrected chi connectivity index (χ2v) is 6.56. The molecule has 0 spiro atoms. The number of anilines is 1. The van der Waals surface area contributed by atoms with Gasteiger partial charge in [0.2, 0.25) is 0 Å². The van der Waals surface area contributed by atoms with E-state index in [2.05, 4.69) is 32.6 Å². The molecule has 0 aliphatic carbocycles. The predicted molar refractivity (Wildman–Crippen MR) is 83.6 cm³/mol. The third-order valence-electron chi connectivity index (χ3n) is 3.36. The minimum absolute atomic E-state index is 0.107. The first-order valence-corrected chi connectivity index (χ1v) is 8.48. The Bertz CT molecular complexity index is 694. The second-order valence-electron chi connectivity index (χ2n) is 4.67. The number of fused-ring (bicyclic) bond motifs is 1. The number of nitrogens with two attached hydrogens (primary N) is 1. The molecule has 10 heteroatoms. The largest absolute Gasteiger partial charge is 0.694 e. The molecule has 3 N–H and O–H groups in total. The van der Waals surface area contributed by atoms with E-state index in [0.29, 0.717) is 5.82 Å². The van der Waals surface area contributed by atoms with E-state index in [9.17, 15) is 4.57 Å². The highest BCUT2D eigenvalue weighted by atomic mass is 127. The molecule has 2 aromatic rings. The molecular formula is C11H13IN4O4P+. The number of ether oxygens (including phenoxy) is 1. The first kappa shape index (κ1) is 15.0. The Morgan fingerprint density at radius 2 is 2.38 bits per heavy atom. The standard InChI is InChI=1S/C11H12IN4O4P/c12-7-3-16(11-9(7)10(13)14-5-15-11)8-2-1-6(20-8)4-19-21(17)18/h3,5-6,8H,1-2,4H2,(H2-,13,14,15,17,18)/p+1/t6-,8+/m0/s1. The van der Waals surface area contributed by atoms with Crippen molar-refractivity contribution in [3.63, 3.8) is 0 Å². The lowest BCUT2D eigenvalue weighted by molar-refractivity contribution is -0.0160. The molecule has 0 radical (unpaired) electrons. The van der Waals surface area contributed by atoms with E-state index in [-0.39, 0.29) is 18.9 Å². The maximum Gasteiger partial charge on any atom is 0.694 e. The average Bonchev–Trinajstić information content (AvgIpc) is 3.02. The fourth-order valence-corrected chi connectivity index (χ4v) is 3.55. The predicted octanol–water partition coefficient (Wildman–Crippen LogP) is 1.96. The van der Waals surface area contributed by atoms with Gasteiger partial charge >= 0.3 is 8.25 Å². The molecule has 3 rings (SSSR count). The third-order valence-corrected chi connectivity index (χ3v) is 4.55. The van der Waals surface area contributed by atoms with Crippen molar-refractivity contribution in [1.29, 1.82) is 0 Å². The maximum absolute atomic E-state index is 10.6. The summed E-state index contributed by atoms with van der Waals surface area (Å²) in [6.07, 6.45) is 4.50. The van der Waals surface area contributed by atoms with E-state index in [1.807, 2.05) is 10.8 Å². The Morgan fingerprint density at radius 1 is 1.57 bits per heavy atom. The lowest BCUT2D eigenvalue weighted by atomic mass is 10.2. The van der Waals surface area contributed by atoms with Gasteiger partial charge in [0, 0.05) is 14.3 Å². The van der Waals surface area contributed by atoms with Gasteiger partial charge in [-0.3, -0.25) is 0 Å². The van der Waals surface area contributed by atoms with Crippen LogP contribution in [0.2, 0.25) is 0 Å². The van der Waals surface area contributed by atoms with Crippen molar-refractivity contribution >= 4 is 47.7 Å². The molecule has 0 bridgehead atoms. The van der Waals surface area contributed by atoms with Crippen LogP contribution >= 0.6 is 30.8 Å². The fourth-order valence-electron chi connectivity index (χ4n) is 2.44. The minimum Gasteiger partial charge on any atom is -0.383 e. The van der Waals surface area contributed by atoms with Crippen LogP contribution in [-0.2, 0) is 13.8 Å². The van der Waals surface area contributed by atoms with Crippen LogP contribution in [0.4, 0.5) is 5.82 Å². The number of halogens is 1. The molecule has 21 heavy (non-hydrogen) atoms. The van der Waals surface area contributed by atoms with Crippen molar-refractivity contribution in [3.8, 4) is 0 Å². The first-order chi connectivity index (χ1) is 10.1. The number of hydrogen-bond acceptors (Lipinski definition) is 6. The molecule has 1 aliphatic heterocycles. The minimum atomic E-state index is -2.59. The van der Waals surface area contributed by atoms with E-state index in [0.717, 1.165) is 27.4 Å². The average molecular weight is 423 g/mol. The van der Waals surface area contributed by atoms with Crippen molar-refractivity contribution in [2.24, 2.45) is 0 Å². The van der Waals surface area contributed by atoms with Crippen LogP contribution in [0.25, 0.3) is 11.0 Å². The molecule has 0 aromatic carbocycles. The summed E-state index contributed by atoms with van der Waals surface area (Å²) in [6.45, 7) is 0.107. The van der Waals surface area contributed by atoms with Gasteiger partial charge in [-0.25, -0.2) is 9.97 Å². The fraction of sp³-hybridized carbons (Fsp3) is 0.455. The van der Waals surface area contributed by atoms with Gasteiger partial charge in [-0.05, 0) is 35.4 Å². The van der Waals surface area contributed by atoms with E-state index in [1.54, 1.807) is 0 Å². The van der Waals surface area contributed by atoms with Crippen LogP contribution in [-0.4, -0.2) is 32.1 Å². The number of aromatic nitrogens is 3. The van der Waals surface area contributed by atoms with Crippen LogP contribution in [0, 0.1) is 3.57 Å². The van der Waals surface area contributed by atoms with Crippen molar-refractivity contribution in [2.75, 3.05) is 12.3 Å². The molecule has 1 fully saturated rings. The Hall–Kier alpha value is -0.870. The van der Waals surface area contributed by atoms with Crippen LogP contribution in [0.3, 0.4) is 0 Å². The summed E-state index contributed by atoms with van der Waals surface area (Å²) < 4.78 is 24.0. The Morgan fingerprint density at radius 3 is 3.14 bits per heavy atom. The van der Waals surface area contributed by atoms with Gasteiger partial charge in [-0.2, -0.15) is 0 Å². The summed E-state index contributed by atoms with van der Waals surface area (Å²) >= 11 is 2.19. The van der Waals surface area contributed by atoms with Crippen LogP contribution in [0.15, 0.2) is 12.5 Å². The monoisotopic (exact) mass is 423 g/mol. The number of nitrogen functional groups attached to an aromatic ring is 1. The molecule has 1 aliphatic rings. The zero-order valence-corrected chi connectivity index (χ0v) is 13.9. The molecule has 1 saturated heterocycles. The van der Waals surface area contributed by atoms with Gasteiger partial charge in [-0.1, -0.05) is 0 Å². The molecule has 0 saturated carbocycles. The molecule has 112 valence electrons. The highest BCUT2D eigenvalue weighted by molar-refractivity contribution is 14.1. The summed E-state index contributed by atoms with van der Waals surface area (Å²) in [4.78, 5) is 16.9. The zero-order chi connectivity index (χ0) is 15.0. The molecular weight excluding hydrogens is 410 g/mol. The van der Waals surface area contributed by atoms with Gasteiger partial charge < -0.3 is 15.0 Å². The van der Waals surface area contributed by atoms with Crippen molar-refractivity contribution in [3.05, 3.63) is 16.1 Å². The molecule has 3 heterocycles. The summed E-state index contributed by atoms with van der Waals surface area (Å²) in [5.41, 5.74) is 6.62. The zero-order valence-electron chi connectivity index (χ0n) is 10.8. The topological polar surface area (TPSA) is 112 Å². The van der Waals surface area contributed by atoms with E-state index in [4.69, 9.17) is 19.9 Å². The van der Waals surface area contributed by atoms with E-state index < -0.39 is 8.25 Å². The van der Waals surface area contributed by atoms with Gasteiger partial charge in [-0.15, -0.1) is 9.42 Å². The smallest absolute Gasteiger partial charge is 0.383 e. The number of rotatable bonds is 4. The third kappa shape index (κ3) is 3.02. The molecule has 0 amide bonds. The molecule has 8 nitrogen and oxygen atoms in total. The highest BCUT2D eigenvalue weighted by Gasteiger charge is 2.31. The van der Waals surface area contributed by atoms with Crippen molar-refractivity contribution < 1.29 is 18.7 Å². The number of hydrogen-bond donors (Lipinski definition) is 2. The van der Waals surface area contributed by atoms with Gasteiger partial charge in [0.15, 0.2) is 0 Å². The van der Waals surface area contributed by atoms with Crippen LogP contribution in [0.1, 0.15) is 19.1 Å². The summed E-state index contributed by atoms with van der Waals surface area (Å²) in [5.74, 6) is 0.443. The molecule has 3 atom stereocenters. The van der Waals surface area contributed by atoms with Crippen LogP contribution in [0.5, 0.6) is 0 Å². The van der Waals surface area contributed by atoms with Crippen molar-refractivity contribution in [2.45, 2.75) is 25.2 Å². The van der Waals surface area contributed by atoms with E-state index in [1.165, 1.54) is 6.33 Å². The Balaban J connectivity index is 1.82. The maximum atomic E-state index is 10.6. The summed E-state index contributed by atoms with van der Waals surface area (Å²) in [5, 5.41) is 0.819. The van der Waals surface area contributed by atoms with Gasteiger partial charge in [0.05, 0.1) is 11.5 Å². The SMILES string of the molecule is Nc1ncnc2c1c(I)cn2[C@H]1CC[C@@H](CO[P+](=O)O)O1. The molecule has 2 aromatic heterocycles. The van der Waals surface area contributed by atoms with Gasteiger partial charge in [0.1, 0.15) is 30.6 Å². The lowest BCUT2D eigenvalue weighted by Crippen LogP contribution is -2.15. The summed E-state index contributed by atoms with van der Waals surface area (Å²) in [7, 11) is -2.59. The quantitative estimate of drug-likeness (QED) is 0.571. The van der Waals surface area contributed by atoms with E-state index >= 15 is 0 Å². The van der Waals surface area contributed by atoms with Gasteiger partial charge in [0.25, 0.3) is 0 Å². The molecule has 1 unspecified atom stereocenters. The van der Waals surface area contributed by atoms with Crippen LogP contribution < -0.4 is 5.73 Å². The normalized spacial score (nSPS) is 22.9. The number of nitrogens with zero attached hydrogens (tertiary/aromatic N) is 3.